The first kappa shape index (κ1) is 17.8. The lowest BCUT2D eigenvalue weighted by Crippen LogP contribution is -2.21. The van der Waals surface area contributed by atoms with Gasteiger partial charge < -0.3 is 20.3 Å². The maximum Gasteiger partial charge on any atom is 0.153 e. The fraction of sp³-hybridized carbons (Fsp3) is 0.273. The second-order valence-corrected chi connectivity index (χ2v) is 6.98. The third-order valence-electron chi connectivity index (χ3n) is 5.02. The highest BCUT2D eigenvalue weighted by atomic mass is 35.5. The largest absolute Gasteiger partial charge is 0.453 e. The molecule has 0 radical (unpaired) electrons. The molecule has 140 valence electrons. The minimum atomic E-state index is 0.711. The smallest absolute Gasteiger partial charge is 0.153 e. The zero-order valence-electron chi connectivity index (χ0n) is 15.9. The normalized spacial score (nSPS) is 12.0. The second kappa shape index (κ2) is 7.20. The number of anilines is 4. The summed E-state index contributed by atoms with van der Waals surface area (Å²) in [5.41, 5.74) is 4.06. The van der Waals surface area contributed by atoms with Crippen molar-refractivity contribution in [3.05, 3.63) is 47.5 Å². The van der Waals surface area contributed by atoms with Gasteiger partial charge in [-0.2, -0.15) is 0 Å². The summed E-state index contributed by atoms with van der Waals surface area (Å²) in [7, 11) is 0. The molecule has 0 atom stereocenters. The lowest BCUT2D eigenvalue weighted by atomic mass is 10.0. The zero-order chi connectivity index (χ0) is 19.0. The van der Waals surface area contributed by atoms with E-state index in [0.29, 0.717) is 5.02 Å². The van der Waals surface area contributed by atoms with E-state index in [1.165, 1.54) is 0 Å². The Morgan fingerprint density at radius 3 is 2.59 bits per heavy atom. The molecule has 5 heteroatoms. The van der Waals surface area contributed by atoms with Crippen LogP contribution < -0.4 is 20.3 Å². The van der Waals surface area contributed by atoms with Crippen molar-refractivity contribution < 1.29 is 4.74 Å². The van der Waals surface area contributed by atoms with Crippen LogP contribution in [0.25, 0.3) is 10.8 Å². The number of fused-ring (bicyclic) bond motifs is 4. The number of nitrogens with zero attached hydrogens (tertiary/aromatic N) is 1. The lowest BCUT2D eigenvalue weighted by molar-refractivity contribution is 0.482. The van der Waals surface area contributed by atoms with Crippen LogP contribution in [0.15, 0.2) is 42.5 Å². The van der Waals surface area contributed by atoms with Gasteiger partial charge in [0.05, 0.1) is 16.4 Å². The standard InChI is InChI=1S/C22H24ClN3O/c1-4-24-18-13-20-22(21-15(18)8-7-9-16(21)23)25-17-11-10-14(12-19(17)27-20)26(5-2)6-3/h7-13,24-25H,4-6H2,1-3H3. The SMILES string of the molecule is CCNc1cc2c(c3c(Cl)cccc13)Nc1ccc(N(CC)CC)cc1O2. The minimum absolute atomic E-state index is 0.711. The first-order chi connectivity index (χ1) is 13.2. The topological polar surface area (TPSA) is 36.5 Å². The summed E-state index contributed by atoms with van der Waals surface area (Å²) in [6.07, 6.45) is 0. The fourth-order valence-electron chi connectivity index (χ4n) is 3.69. The van der Waals surface area contributed by atoms with Crippen molar-refractivity contribution in [2.75, 3.05) is 35.2 Å². The molecule has 0 aromatic heterocycles. The molecule has 0 aliphatic carbocycles. The van der Waals surface area contributed by atoms with E-state index < -0.39 is 0 Å². The van der Waals surface area contributed by atoms with E-state index in [4.69, 9.17) is 16.3 Å². The molecule has 0 saturated carbocycles. The highest BCUT2D eigenvalue weighted by Crippen LogP contribution is 2.50. The van der Waals surface area contributed by atoms with Crippen LogP contribution in [-0.4, -0.2) is 19.6 Å². The molecule has 27 heavy (non-hydrogen) atoms. The third-order valence-corrected chi connectivity index (χ3v) is 5.33. The Morgan fingerprint density at radius 2 is 1.85 bits per heavy atom. The number of halogens is 1. The van der Waals surface area contributed by atoms with E-state index in [2.05, 4.69) is 66.6 Å². The van der Waals surface area contributed by atoms with Crippen LogP contribution in [-0.2, 0) is 0 Å². The molecule has 4 rings (SSSR count). The molecule has 0 spiro atoms. The molecule has 0 unspecified atom stereocenters. The Labute approximate surface area is 165 Å². The minimum Gasteiger partial charge on any atom is -0.453 e. The second-order valence-electron chi connectivity index (χ2n) is 6.57. The van der Waals surface area contributed by atoms with E-state index in [1.807, 2.05) is 12.1 Å². The van der Waals surface area contributed by atoms with Crippen LogP contribution in [0.3, 0.4) is 0 Å². The molecule has 1 aliphatic rings. The average Bonchev–Trinajstić information content (AvgIpc) is 2.68. The molecule has 0 saturated heterocycles. The molecule has 0 fully saturated rings. The van der Waals surface area contributed by atoms with Gasteiger partial charge in [-0.25, -0.2) is 0 Å². The number of nitrogens with one attached hydrogen (secondary N) is 2. The Kier molecular flexibility index (Phi) is 4.75. The monoisotopic (exact) mass is 381 g/mol. The van der Waals surface area contributed by atoms with Crippen LogP contribution in [0, 0.1) is 0 Å². The predicted molar refractivity (Wildman–Crippen MR) is 116 cm³/mol. The molecule has 1 aliphatic heterocycles. The van der Waals surface area contributed by atoms with E-state index in [1.54, 1.807) is 0 Å². The van der Waals surface area contributed by atoms with E-state index >= 15 is 0 Å². The molecule has 3 aromatic rings. The van der Waals surface area contributed by atoms with Gasteiger partial charge in [-0.3, -0.25) is 0 Å². The van der Waals surface area contributed by atoms with Crippen molar-refractivity contribution in [1.29, 1.82) is 0 Å². The molecule has 2 N–H and O–H groups in total. The van der Waals surface area contributed by atoms with Crippen LogP contribution in [0.5, 0.6) is 11.5 Å². The summed E-state index contributed by atoms with van der Waals surface area (Å²) < 4.78 is 6.32. The van der Waals surface area contributed by atoms with Gasteiger partial charge >= 0.3 is 0 Å². The van der Waals surface area contributed by atoms with Crippen LogP contribution >= 0.6 is 11.6 Å². The van der Waals surface area contributed by atoms with Gasteiger partial charge in [-0.1, -0.05) is 23.7 Å². The van der Waals surface area contributed by atoms with Crippen LogP contribution in [0.2, 0.25) is 5.02 Å². The lowest BCUT2D eigenvalue weighted by Gasteiger charge is -2.27. The Balaban J connectivity index is 1.84. The maximum atomic E-state index is 6.57. The average molecular weight is 382 g/mol. The summed E-state index contributed by atoms with van der Waals surface area (Å²) in [5, 5.41) is 9.74. The molecule has 4 nitrogen and oxygen atoms in total. The van der Waals surface area contributed by atoms with Crippen molar-refractivity contribution >= 4 is 45.1 Å². The van der Waals surface area contributed by atoms with Crippen LogP contribution in [0.1, 0.15) is 20.8 Å². The predicted octanol–water partition coefficient (Wildman–Crippen LogP) is 6.62. The summed E-state index contributed by atoms with van der Waals surface area (Å²) in [6.45, 7) is 9.16. The summed E-state index contributed by atoms with van der Waals surface area (Å²) in [6, 6.07) is 14.3. The highest BCUT2D eigenvalue weighted by Gasteiger charge is 2.23. The third kappa shape index (κ3) is 3.04. The van der Waals surface area contributed by atoms with Crippen molar-refractivity contribution in [3.8, 4) is 11.5 Å². The van der Waals surface area contributed by atoms with Crippen molar-refractivity contribution in [2.45, 2.75) is 20.8 Å². The Hall–Kier alpha value is -2.59. The van der Waals surface area contributed by atoms with Crippen LogP contribution in [0.4, 0.5) is 22.7 Å². The van der Waals surface area contributed by atoms with Gasteiger partial charge in [0.2, 0.25) is 0 Å². The molecular weight excluding hydrogens is 358 g/mol. The number of rotatable bonds is 5. The Bertz CT molecular complexity index is 999. The summed E-state index contributed by atoms with van der Waals surface area (Å²) in [4.78, 5) is 2.31. The van der Waals surface area contributed by atoms with Crippen molar-refractivity contribution in [1.82, 2.24) is 0 Å². The van der Waals surface area contributed by atoms with E-state index in [0.717, 1.165) is 64.7 Å². The number of hydrogen-bond acceptors (Lipinski definition) is 4. The molecule has 3 aromatic carbocycles. The summed E-state index contributed by atoms with van der Waals surface area (Å²) in [5.74, 6) is 1.62. The quantitative estimate of drug-likeness (QED) is 0.407. The van der Waals surface area contributed by atoms with Crippen molar-refractivity contribution in [2.24, 2.45) is 0 Å². The first-order valence-electron chi connectivity index (χ1n) is 9.49. The Morgan fingerprint density at radius 1 is 1.04 bits per heavy atom. The van der Waals surface area contributed by atoms with Crippen molar-refractivity contribution in [3.63, 3.8) is 0 Å². The van der Waals surface area contributed by atoms with Gasteiger partial charge in [-0.05, 0) is 39.0 Å². The number of ether oxygens (including phenoxy) is 1. The molecular formula is C22H24ClN3O. The fourth-order valence-corrected chi connectivity index (χ4v) is 3.95. The maximum absolute atomic E-state index is 6.57. The number of hydrogen-bond donors (Lipinski definition) is 2. The van der Waals surface area contributed by atoms with Gasteiger partial charge in [-0.15, -0.1) is 0 Å². The highest BCUT2D eigenvalue weighted by molar-refractivity contribution is 6.37. The zero-order valence-corrected chi connectivity index (χ0v) is 16.7. The van der Waals surface area contributed by atoms with Gasteiger partial charge in [0.1, 0.15) is 0 Å². The first-order valence-corrected chi connectivity index (χ1v) is 9.87. The number of benzene rings is 3. The van der Waals surface area contributed by atoms with Gasteiger partial charge in [0, 0.05) is 53.9 Å². The van der Waals surface area contributed by atoms with Gasteiger partial charge in [0.25, 0.3) is 0 Å². The van der Waals surface area contributed by atoms with E-state index in [-0.39, 0.29) is 0 Å². The van der Waals surface area contributed by atoms with E-state index in [9.17, 15) is 0 Å². The molecule has 0 amide bonds. The van der Waals surface area contributed by atoms with Gasteiger partial charge in [0.15, 0.2) is 11.5 Å². The summed E-state index contributed by atoms with van der Waals surface area (Å²) >= 11 is 6.57. The molecule has 1 heterocycles. The molecule has 0 bridgehead atoms.